The summed E-state index contributed by atoms with van der Waals surface area (Å²) in [6.07, 6.45) is 2.75. The third kappa shape index (κ3) is 1.59. The molecule has 4 rings (SSSR count). The van der Waals surface area contributed by atoms with Crippen LogP contribution in [0.3, 0.4) is 0 Å². The van der Waals surface area contributed by atoms with Crippen LogP contribution in [-0.4, -0.2) is 31.1 Å². The molecule has 0 amide bonds. The third-order valence-corrected chi connectivity index (χ3v) is 4.21. The molecule has 1 aromatic rings. The average Bonchev–Trinajstić information content (AvgIpc) is 3.10. The van der Waals surface area contributed by atoms with Gasteiger partial charge in [0, 0.05) is 0 Å². The predicted octanol–water partition coefficient (Wildman–Crippen LogP) is 0.885. The van der Waals surface area contributed by atoms with E-state index >= 15 is 0 Å². The van der Waals surface area contributed by atoms with Crippen LogP contribution >= 0.6 is 0 Å². The van der Waals surface area contributed by atoms with Crippen LogP contribution in [0.25, 0.3) is 0 Å². The molecule has 1 aromatic carbocycles. The summed E-state index contributed by atoms with van der Waals surface area (Å²) in [4.78, 5) is 0. The van der Waals surface area contributed by atoms with Crippen molar-refractivity contribution in [2.24, 2.45) is 0 Å². The van der Waals surface area contributed by atoms with Gasteiger partial charge in [0.2, 0.25) is 12.6 Å². The Hall–Kier alpha value is -1.30. The van der Waals surface area contributed by atoms with Crippen LogP contribution < -0.4 is 14.8 Å². The van der Waals surface area contributed by atoms with Gasteiger partial charge in [0.1, 0.15) is 0 Å². The molecule has 0 bridgehead atoms. The van der Waals surface area contributed by atoms with E-state index in [0.717, 1.165) is 36.9 Å². The summed E-state index contributed by atoms with van der Waals surface area (Å²) < 4.78 is 16.7. The number of hydrogen-bond acceptors (Lipinski definition) is 5. The number of rotatable bonds is 1. The van der Waals surface area contributed by atoms with Crippen molar-refractivity contribution in [2.45, 2.75) is 31.1 Å². The van der Waals surface area contributed by atoms with Crippen LogP contribution in [0.1, 0.15) is 24.0 Å². The fourth-order valence-corrected chi connectivity index (χ4v) is 3.30. The molecule has 5 nitrogen and oxygen atoms in total. The molecule has 0 spiro atoms. The van der Waals surface area contributed by atoms with Gasteiger partial charge in [-0.2, -0.15) is 0 Å². The number of ether oxygens (including phenoxy) is 3. The molecule has 19 heavy (non-hydrogen) atoms. The van der Waals surface area contributed by atoms with Crippen molar-refractivity contribution in [1.82, 2.24) is 5.32 Å². The van der Waals surface area contributed by atoms with Crippen LogP contribution in [0.5, 0.6) is 11.5 Å². The molecule has 0 aliphatic carbocycles. The van der Waals surface area contributed by atoms with Crippen LogP contribution in [0.15, 0.2) is 12.1 Å². The molecule has 0 radical (unpaired) electrons. The molecule has 0 saturated carbocycles. The number of hydrogen-bond donors (Lipinski definition) is 2. The Bertz CT molecular complexity index is 512. The SMILES string of the molecule is O[C@@]1([C@@H]2CCCN2)OCCc2ccc3c(c21)OCO3. The molecule has 0 unspecified atom stereocenters. The summed E-state index contributed by atoms with van der Waals surface area (Å²) in [5.41, 5.74) is 1.85. The van der Waals surface area contributed by atoms with Crippen LogP contribution in [0, 0.1) is 0 Å². The van der Waals surface area contributed by atoms with Crippen molar-refractivity contribution in [3.63, 3.8) is 0 Å². The maximum Gasteiger partial charge on any atom is 0.231 e. The second kappa shape index (κ2) is 4.10. The lowest BCUT2D eigenvalue weighted by molar-refractivity contribution is -0.236. The number of nitrogens with one attached hydrogen (secondary N) is 1. The Kier molecular flexibility index (Phi) is 2.48. The zero-order chi connectivity index (χ0) is 12.9. The number of aliphatic hydroxyl groups is 1. The van der Waals surface area contributed by atoms with E-state index in [-0.39, 0.29) is 12.8 Å². The Labute approximate surface area is 111 Å². The standard InChI is InChI=1S/C14H17NO4/c16-14(11-2-1-6-15-11)12-9(5-7-19-14)3-4-10-13(12)18-8-17-10/h3-4,11,15-16H,1-2,5-8H2/t11-,14-/m0/s1. The zero-order valence-corrected chi connectivity index (χ0v) is 10.6. The van der Waals surface area contributed by atoms with Gasteiger partial charge in [-0.05, 0) is 37.4 Å². The molecule has 2 N–H and O–H groups in total. The van der Waals surface area contributed by atoms with E-state index in [9.17, 15) is 5.11 Å². The quantitative estimate of drug-likeness (QED) is 0.788. The first-order valence-corrected chi connectivity index (χ1v) is 6.81. The lowest BCUT2D eigenvalue weighted by Gasteiger charge is -2.39. The Morgan fingerprint density at radius 3 is 3.11 bits per heavy atom. The lowest BCUT2D eigenvalue weighted by atomic mass is 9.88. The van der Waals surface area contributed by atoms with E-state index in [1.807, 2.05) is 12.1 Å². The van der Waals surface area contributed by atoms with Gasteiger partial charge in [0.25, 0.3) is 0 Å². The maximum absolute atomic E-state index is 11.1. The second-order valence-corrected chi connectivity index (χ2v) is 5.28. The molecule has 102 valence electrons. The minimum absolute atomic E-state index is 0.0812. The summed E-state index contributed by atoms with van der Waals surface area (Å²) in [6, 6.07) is 3.84. The third-order valence-electron chi connectivity index (χ3n) is 4.21. The minimum Gasteiger partial charge on any atom is -0.454 e. The zero-order valence-electron chi connectivity index (χ0n) is 10.6. The molecule has 3 heterocycles. The first kappa shape index (κ1) is 11.5. The molecule has 5 heteroatoms. The number of fused-ring (bicyclic) bond motifs is 3. The van der Waals surface area contributed by atoms with Gasteiger partial charge >= 0.3 is 0 Å². The fraction of sp³-hybridized carbons (Fsp3) is 0.571. The van der Waals surface area contributed by atoms with E-state index in [2.05, 4.69) is 5.32 Å². The smallest absolute Gasteiger partial charge is 0.231 e. The van der Waals surface area contributed by atoms with E-state index in [0.29, 0.717) is 18.1 Å². The normalized spacial score (nSPS) is 32.4. The van der Waals surface area contributed by atoms with Gasteiger partial charge in [-0.3, -0.25) is 0 Å². The Morgan fingerprint density at radius 2 is 2.26 bits per heavy atom. The highest BCUT2D eigenvalue weighted by atomic mass is 16.7. The Morgan fingerprint density at radius 1 is 1.32 bits per heavy atom. The van der Waals surface area contributed by atoms with Crippen molar-refractivity contribution < 1.29 is 19.3 Å². The Balaban J connectivity index is 1.87. The first-order chi connectivity index (χ1) is 9.29. The van der Waals surface area contributed by atoms with Crippen molar-refractivity contribution in [3.8, 4) is 11.5 Å². The highest BCUT2D eigenvalue weighted by Crippen LogP contribution is 2.47. The molecule has 0 aromatic heterocycles. The van der Waals surface area contributed by atoms with E-state index < -0.39 is 5.79 Å². The lowest BCUT2D eigenvalue weighted by Crippen LogP contribution is -2.50. The second-order valence-electron chi connectivity index (χ2n) is 5.28. The first-order valence-electron chi connectivity index (χ1n) is 6.81. The van der Waals surface area contributed by atoms with E-state index in [4.69, 9.17) is 14.2 Å². The molecular weight excluding hydrogens is 246 g/mol. The highest BCUT2D eigenvalue weighted by Gasteiger charge is 2.47. The largest absolute Gasteiger partial charge is 0.454 e. The minimum atomic E-state index is -1.30. The molecule has 2 atom stereocenters. The van der Waals surface area contributed by atoms with Crippen molar-refractivity contribution in [1.29, 1.82) is 0 Å². The van der Waals surface area contributed by atoms with Gasteiger partial charge in [0.05, 0.1) is 18.2 Å². The van der Waals surface area contributed by atoms with Gasteiger partial charge in [0.15, 0.2) is 11.5 Å². The molecule has 1 fully saturated rings. The summed E-state index contributed by atoms with van der Waals surface area (Å²) in [5.74, 6) is 0.0393. The van der Waals surface area contributed by atoms with Crippen molar-refractivity contribution in [2.75, 3.05) is 19.9 Å². The van der Waals surface area contributed by atoms with Gasteiger partial charge in [-0.1, -0.05) is 6.07 Å². The van der Waals surface area contributed by atoms with Crippen LogP contribution in [0.4, 0.5) is 0 Å². The molecule has 3 aliphatic heterocycles. The van der Waals surface area contributed by atoms with Gasteiger partial charge in [-0.25, -0.2) is 0 Å². The van der Waals surface area contributed by atoms with Crippen LogP contribution in [0.2, 0.25) is 0 Å². The van der Waals surface area contributed by atoms with E-state index in [1.165, 1.54) is 0 Å². The number of benzene rings is 1. The van der Waals surface area contributed by atoms with Gasteiger partial charge < -0.3 is 24.6 Å². The topological polar surface area (TPSA) is 60.0 Å². The molecule has 3 aliphatic rings. The van der Waals surface area contributed by atoms with Crippen molar-refractivity contribution >= 4 is 0 Å². The highest BCUT2D eigenvalue weighted by molar-refractivity contribution is 5.55. The van der Waals surface area contributed by atoms with Gasteiger partial charge in [-0.15, -0.1) is 0 Å². The van der Waals surface area contributed by atoms with Crippen LogP contribution in [-0.2, 0) is 16.9 Å². The molecule has 1 saturated heterocycles. The summed E-state index contributed by atoms with van der Waals surface area (Å²) >= 11 is 0. The average molecular weight is 263 g/mol. The van der Waals surface area contributed by atoms with Crippen molar-refractivity contribution in [3.05, 3.63) is 23.3 Å². The predicted molar refractivity (Wildman–Crippen MR) is 67.1 cm³/mol. The fourth-order valence-electron chi connectivity index (χ4n) is 3.30. The maximum atomic E-state index is 11.1. The monoisotopic (exact) mass is 263 g/mol. The summed E-state index contributed by atoms with van der Waals surface area (Å²) in [7, 11) is 0. The van der Waals surface area contributed by atoms with E-state index in [1.54, 1.807) is 0 Å². The molecular formula is C14H17NO4. The summed E-state index contributed by atoms with van der Waals surface area (Å²) in [6.45, 7) is 1.65. The summed E-state index contributed by atoms with van der Waals surface area (Å²) in [5, 5.41) is 14.4.